The van der Waals surface area contributed by atoms with Gasteiger partial charge in [0, 0.05) is 5.56 Å². The molecule has 0 aliphatic carbocycles. The van der Waals surface area contributed by atoms with E-state index < -0.39 is 29.2 Å². The Morgan fingerprint density at radius 1 is 1.03 bits per heavy atom. The van der Waals surface area contributed by atoms with Crippen LogP contribution in [0, 0.1) is 11.3 Å². The SMILES string of the molecule is CCCOC(=O)O/C(=C(\C#N)c1ccc(C(C)(C)C)cc1)c1ccccc1C(F)(F)F. The van der Waals surface area contributed by atoms with Gasteiger partial charge >= 0.3 is 12.3 Å². The molecule has 0 N–H and O–H groups in total. The molecule has 0 atom stereocenters. The van der Waals surface area contributed by atoms with Crippen molar-refractivity contribution in [3.05, 3.63) is 70.8 Å². The van der Waals surface area contributed by atoms with Gasteiger partial charge in [-0.2, -0.15) is 18.4 Å². The molecule has 2 aromatic rings. The normalized spacial score (nSPS) is 12.6. The van der Waals surface area contributed by atoms with E-state index in [4.69, 9.17) is 9.47 Å². The summed E-state index contributed by atoms with van der Waals surface area (Å²) in [6.45, 7) is 7.85. The zero-order valence-corrected chi connectivity index (χ0v) is 17.8. The van der Waals surface area contributed by atoms with Crippen molar-refractivity contribution >= 4 is 17.5 Å². The predicted octanol–water partition coefficient (Wildman–Crippen LogP) is 6.96. The van der Waals surface area contributed by atoms with Crippen LogP contribution in [0.3, 0.4) is 0 Å². The number of alkyl halides is 3. The molecule has 0 aliphatic rings. The van der Waals surface area contributed by atoms with E-state index in [-0.39, 0.29) is 17.6 Å². The first-order chi connectivity index (χ1) is 14.5. The van der Waals surface area contributed by atoms with Gasteiger partial charge in [0.05, 0.1) is 12.2 Å². The first-order valence-corrected chi connectivity index (χ1v) is 9.75. The standard InChI is InChI=1S/C24H24F3NO3/c1-5-14-30-22(29)31-21(18-8-6-7-9-20(18)24(25,26)27)19(15-28)16-10-12-17(13-11-16)23(2,3)4/h6-13H,5,14H2,1-4H3/b21-19+. The molecule has 0 aliphatic heterocycles. The van der Waals surface area contributed by atoms with E-state index in [0.717, 1.165) is 17.7 Å². The van der Waals surface area contributed by atoms with Crippen molar-refractivity contribution in [2.45, 2.75) is 45.7 Å². The molecule has 0 unspecified atom stereocenters. The number of ether oxygens (including phenoxy) is 2. The molecule has 164 valence electrons. The number of benzene rings is 2. The van der Waals surface area contributed by atoms with Gasteiger partial charge in [0.15, 0.2) is 5.76 Å². The number of halogens is 3. The maximum Gasteiger partial charge on any atom is 0.513 e. The van der Waals surface area contributed by atoms with Crippen molar-refractivity contribution in [1.29, 1.82) is 5.26 Å². The van der Waals surface area contributed by atoms with E-state index in [1.165, 1.54) is 12.1 Å². The number of allylic oxidation sites excluding steroid dienone is 1. The average Bonchev–Trinajstić information content (AvgIpc) is 2.71. The smallest absolute Gasteiger partial charge is 0.434 e. The summed E-state index contributed by atoms with van der Waals surface area (Å²) in [6.07, 6.45) is -5.38. The van der Waals surface area contributed by atoms with Crippen LogP contribution in [0.25, 0.3) is 11.3 Å². The molecule has 2 aromatic carbocycles. The van der Waals surface area contributed by atoms with E-state index in [0.29, 0.717) is 12.0 Å². The van der Waals surface area contributed by atoms with Crippen LogP contribution < -0.4 is 0 Å². The number of nitriles is 1. The molecule has 7 heteroatoms. The summed E-state index contributed by atoms with van der Waals surface area (Å²) >= 11 is 0. The van der Waals surface area contributed by atoms with Gasteiger partial charge < -0.3 is 9.47 Å². The minimum atomic E-state index is -4.71. The molecule has 0 bridgehead atoms. The molecule has 31 heavy (non-hydrogen) atoms. The number of hydrogen-bond acceptors (Lipinski definition) is 4. The largest absolute Gasteiger partial charge is 0.513 e. The Morgan fingerprint density at radius 2 is 1.65 bits per heavy atom. The fourth-order valence-electron chi connectivity index (χ4n) is 2.85. The van der Waals surface area contributed by atoms with Gasteiger partial charge in [0.2, 0.25) is 0 Å². The average molecular weight is 431 g/mol. The molecule has 4 nitrogen and oxygen atoms in total. The fourth-order valence-corrected chi connectivity index (χ4v) is 2.85. The quantitative estimate of drug-likeness (QED) is 0.222. The zero-order valence-electron chi connectivity index (χ0n) is 17.8. The number of hydrogen-bond donors (Lipinski definition) is 0. The Hall–Kier alpha value is -3.27. The van der Waals surface area contributed by atoms with E-state index in [1.54, 1.807) is 31.2 Å². The molecule has 0 amide bonds. The van der Waals surface area contributed by atoms with Crippen LogP contribution >= 0.6 is 0 Å². The summed E-state index contributed by atoms with van der Waals surface area (Å²) in [4.78, 5) is 12.1. The summed E-state index contributed by atoms with van der Waals surface area (Å²) in [6, 6.07) is 13.3. The summed E-state index contributed by atoms with van der Waals surface area (Å²) in [5, 5.41) is 9.80. The topological polar surface area (TPSA) is 59.3 Å². The predicted molar refractivity (Wildman–Crippen MR) is 112 cm³/mol. The molecular weight excluding hydrogens is 407 g/mol. The van der Waals surface area contributed by atoms with Crippen LogP contribution in [0.2, 0.25) is 0 Å². The molecular formula is C24H24F3NO3. The third kappa shape index (κ3) is 6.11. The van der Waals surface area contributed by atoms with Crippen LogP contribution in [0.4, 0.5) is 18.0 Å². The summed E-state index contributed by atoms with van der Waals surface area (Å²) in [5.74, 6) is -0.500. The highest BCUT2D eigenvalue weighted by atomic mass is 19.4. The maximum absolute atomic E-state index is 13.6. The van der Waals surface area contributed by atoms with Crippen molar-refractivity contribution in [2.75, 3.05) is 6.61 Å². The first kappa shape index (κ1) is 24.0. The van der Waals surface area contributed by atoms with Crippen LogP contribution in [-0.2, 0) is 21.1 Å². The summed E-state index contributed by atoms with van der Waals surface area (Å²) < 4.78 is 50.9. The second-order valence-corrected chi connectivity index (χ2v) is 7.89. The van der Waals surface area contributed by atoms with E-state index >= 15 is 0 Å². The van der Waals surface area contributed by atoms with Crippen LogP contribution in [0.5, 0.6) is 0 Å². The molecule has 0 fully saturated rings. The molecule has 0 saturated heterocycles. The van der Waals surface area contributed by atoms with Crippen LogP contribution in [-0.4, -0.2) is 12.8 Å². The number of rotatable bonds is 5. The minimum absolute atomic E-state index is 0.0369. The lowest BCUT2D eigenvalue weighted by atomic mass is 9.86. The Morgan fingerprint density at radius 3 is 2.16 bits per heavy atom. The minimum Gasteiger partial charge on any atom is -0.434 e. The molecule has 0 spiro atoms. The zero-order chi connectivity index (χ0) is 23.2. The molecule has 0 aromatic heterocycles. The lowest BCUT2D eigenvalue weighted by Gasteiger charge is -2.20. The Balaban J connectivity index is 2.70. The van der Waals surface area contributed by atoms with Crippen molar-refractivity contribution < 1.29 is 27.4 Å². The third-order valence-electron chi connectivity index (χ3n) is 4.46. The van der Waals surface area contributed by atoms with Gasteiger partial charge in [-0.05, 0) is 29.0 Å². The van der Waals surface area contributed by atoms with Gasteiger partial charge in [-0.3, -0.25) is 0 Å². The van der Waals surface area contributed by atoms with E-state index in [2.05, 4.69) is 0 Å². The molecule has 0 heterocycles. The Bertz CT molecular complexity index is 994. The Kier molecular flexibility index (Phi) is 7.50. The van der Waals surface area contributed by atoms with Gasteiger partial charge in [-0.1, -0.05) is 70.2 Å². The van der Waals surface area contributed by atoms with Crippen molar-refractivity contribution in [3.8, 4) is 6.07 Å². The lowest BCUT2D eigenvalue weighted by molar-refractivity contribution is -0.137. The van der Waals surface area contributed by atoms with Crippen LogP contribution in [0.15, 0.2) is 48.5 Å². The van der Waals surface area contributed by atoms with E-state index in [1.807, 2.05) is 26.8 Å². The fraction of sp³-hybridized carbons (Fsp3) is 0.333. The molecule has 0 saturated carbocycles. The second kappa shape index (κ2) is 9.69. The van der Waals surface area contributed by atoms with Crippen molar-refractivity contribution in [3.63, 3.8) is 0 Å². The molecule has 0 radical (unpaired) electrons. The summed E-state index contributed by atoms with van der Waals surface area (Å²) in [5.41, 5.74) is -0.487. The molecule has 2 rings (SSSR count). The highest BCUT2D eigenvalue weighted by molar-refractivity contribution is 5.97. The number of carbonyl (C=O) groups excluding carboxylic acids is 1. The maximum atomic E-state index is 13.6. The third-order valence-corrected chi connectivity index (χ3v) is 4.46. The van der Waals surface area contributed by atoms with Gasteiger partial charge in [-0.25, -0.2) is 4.79 Å². The van der Waals surface area contributed by atoms with Crippen LogP contribution in [0.1, 0.15) is 56.4 Å². The van der Waals surface area contributed by atoms with Gasteiger partial charge in [0.25, 0.3) is 0 Å². The highest BCUT2D eigenvalue weighted by Crippen LogP contribution is 2.38. The Labute approximate surface area is 179 Å². The monoisotopic (exact) mass is 431 g/mol. The summed E-state index contributed by atoms with van der Waals surface area (Å²) in [7, 11) is 0. The lowest BCUT2D eigenvalue weighted by Crippen LogP contribution is -2.14. The van der Waals surface area contributed by atoms with Gasteiger partial charge in [0.1, 0.15) is 11.6 Å². The first-order valence-electron chi connectivity index (χ1n) is 9.75. The van der Waals surface area contributed by atoms with Crippen molar-refractivity contribution in [1.82, 2.24) is 0 Å². The van der Waals surface area contributed by atoms with E-state index in [9.17, 15) is 23.2 Å². The second-order valence-electron chi connectivity index (χ2n) is 7.89. The highest BCUT2D eigenvalue weighted by Gasteiger charge is 2.35. The number of nitrogens with zero attached hydrogens (tertiary/aromatic N) is 1. The van der Waals surface area contributed by atoms with Crippen molar-refractivity contribution in [2.24, 2.45) is 0 Å². The van der Waals surface area contributed by atoms with Gasteiger partial charge in [-0.15, -0.1) is 0 Å². The number of carbonyl (C=O) groups is 1.